The highest BCUT2D eigenvalue weighted by atomic mass is 16.3. The van der Waals surface area contributed by atoms with Crippen LogP contribution in [-0.2, 0) is 7.05 Å². The third-order valence-corrected chi connectivity index (χ3v) is 5.15. The SMILES string of the molecule is Cc1cc(-c2c(C)ccc3c2oc2ccccc23)[n+](C)cc1C(C)C. The second kappa shape index (κ2) is 5.73. The fourth-order valence-electron chi connectivity index (χ4n) is 3.83. The lowest BCUT2D eigenvalue weighted by molar-refractivity contribution is -0.660. The van der Waals surface area contributed by atoms with Crippen molar-refractivity contribution in [3.8, 4) is 11.3 Å². The molecule has 2 nitrogen and oxygen atoms in total. The van der Waals surface area contributed by atoms with Gasteiger partial charge in [-0.2, -0.15) is 0 Å². The number of fused-ring (bicyclic) bond motifs is 3. The van der Waals surface area contributed by atoms with Gasteiger partial charge in [-0.15, -0.1) is 0 Å². The Morgan fingerprint density at radius 1 is 0.920 bits per heavy atom. The van der Waals surface area contributed by atoms with E-state index in [9.17, 15) is 0 Å². The Hall–Kier alpha value is -2.61. The third kappa shape index (κ3) is 2.44. The van der Waals surface area contributed by atoms with Crippen LogP contribution in [0.4, 0.5) is 0 Å². The van der Waals surface area contributed by atoms with Gasteiger partial charge in [0.2, 0.25) is 5.69 Å². The van der Waals surface area contributed by atoms with E-state index in [1.54, 1.807) is 0 Å². The highest BCUT2D eigenvalue weighted by Gasteiger charge is 2.22. The highest BCUT2D eigenvalue weighted by Crippen LogP contribution is 2.37. The molecule has 0 bridgehead atoms. The zero-order chi connectivity index (χ0) is 17.7. The van der Waals surface area contributed by atoms with Gasteiger partial charge in [-0.05, 0) is 37.0 Å². The molecule has 0 N–H and O–H groups in total. The number of benzene rings is 2. The molecule has 4 rings (SSSR count). The van der Waals surface area contributed by atoms with Gasteiger partial charge in [0.1, 0.15) is 18.2 Å². The van der Waals surface area contributed by atoms with Gasteiger partial charge in [-0.3, -0.25) is 0 Å². The van der Waals surface area contributed by atoms with Crippen molar-refractivity contribution in [1.82, 2.24) is 0 Å². The van der Waals surface area contributed by atoms with Crippen LogP contribution in [0.5, 0.6) is 0 Å². The van der Waals surface area contributed by atoms with E-state index in [-0.39, 0.29) is 0 Å². The second-order valence-electron chi connectivity index (χ2n) is 7.30. The molecule has 2 aromatic carbocycles. The standard InChI is InChI=1S/C23H24NO/c1-14(2)19-13-24(5)20(12-16(19)4)22-15(3)10-11-18-17-8-6-7-9-21(17)25-23(18)22/h6-14H,1-5H3/q+1. The summed E-state index contributed by atoms with van der Waals surface area (Å²) in [6.07, 6.45) is 2.26. The molecule has 0 spiro atoms. The molecule has 4 aromatic rings. The zero-order valence-corrected chi connectivity index (χ0v) is 15.6. The number of furan rings is 1. The first-order chi connectivity index (χ1) is 12.0. The number of nitrogens with zero attached hydrogens (tertiary/aromatic N) is 1. The Morgan fingerprint density at radius 3 is 2.44 bits per heavy atom. The maximum atomic E-state index is 6.28. The third-order valence-electron chi connectivity index (χ3n) is 5.15. The van der Waals surface area contributed by atoms with Crippen LogP contribution in [0, 0.1) is 13.8 Å². The van der Waals surface area contributed by atoms with Gasteiger partial charge in [-0.25, -0.2) is 4.57 Å². The summed E-state index contributed by atoms with van der Waals surface area (Å²) in [4.78, 5) is 0. The lowest BCUT2D eigenvalue weighted by atomic mass is 9.95. The van der Waals surface area contributed by atoms with E-state index in [1.165, 1.54) is 38.7 Å². The van der Waals surface area contributed by atoms with Crippen LogP contribution in [0.3, 0.4) is 0 Å². The van der Waals surface area contributed by atoms with E-state index in [1.807, 2.05) is 12.1 Å². The van der Waals surface area contributed by atoms with Gasteiger partial charge in [0.15, 0.2) is 6.20 Å². The quantitative estimate of drug-likeness (QED) is 0.423. The number of hydrogen-bond acceptors (Lipinski definition) is 1. The summed E-state index contributed by atoms with van der Waals surface area (Å²) in [7, 11) is 2.13. The molecule has 0 aliphatic heterocycles. The van der Waals surface area contributed by atoms with Gasteiger partial charge in [-0.1, -0.05) is 44.2 Å². The summed E-state index contributed by atoms with van der Waals surface area (Å²) in [6, 6.07) is 14.9. The summed E-state index contributed by atoms with van der Waals surface area (Å²) < 4.78 is 8.51. The van der Waals surface area contributed by atoms with E-state index in [2.05, 4.69) is 75.8 Å². The molecular weight excluding hydrogens is 306 g/mol. The molecular formula is C23H24NO+. The molecule has 0 saturated heterocycles. The molecule has 2 aromatic heterocycles. The number of hydrogen-bond donors (Lipinski definition) is 0. The predicted octanol–water partition coefficient (Wildman–Crippen LogP) is 5.82. The zero-order valence-electron chi connectivity index (χ0n) is 15.6. The summed E-state index contributed by atoms with van der Waals surface area (Å²) >= 11 is 0. The highest BCUT2D eigenvalue weighted by molar-refractivity contribution is 6.09. The van der Waals surface area contributed by atoms with Crippen molar-refractivity contribution in [3.63, 3.8) is 0 Å². The van der Waals surface area contributed by atoms with E-state index >= 15 is 0 Å². The van der Waals surface area contributed by atoms with E-state index < -0.39 is 0 Å². The minimum atomic E-state index is 0.517. The lowest BCUT2D eigenvalue weighted by Gasteiger charge is -2.11. The van der Waals surface area contributed by atoms with Crippen LogP contribution >= 0.6 is 0 Å². The van der Waals surface area contributed by atoms with Gasteiger partial charge in [0, 0.05) is 22.4 Å². The van der Waals surface area contributed by atoms with Gasteiger partial charge < -0.3 is 4.42 Å². The van der Waals surface area contributed by atoms with Crippen LogP contribution in [0.2, 0.25) is 0 Å². The molecule has 0 saturated carbocycles. The molecule has 0 radical (unpaired) electrons. The van der Waals surface area contributed by atoms with Crippen LogP contribution in [-0.4, -0.2) is 0 Å². The average molecular weight is 330 g/mol. The van der Waals surface area contributed by atoms with Crippen molar-refractivity contribution in [2.75, 3.05) is 0 Å². The first-order valence-corrected chi connectivity index (χ1v) is 8.88. The molecule has 0 amide bonds. The fraction of sp³-hybridized carbons (Fsp3) is 0.261. The van der Waals surface area contributed by atoms with Crippen molar-refractivity contribution >= 4 is 21.9 Å². The minimum absolute atomic E-state index is 0.517. The summed E-state index contributed by atoms with van der Waals surface area (Å²) in [5.41, 5.74) is 8.27. The number of para-hydroxylation sites is 1. The second-order valence-corrected chi connectivity index (χ2v) is 7.30. The number of aromatic nitrogens is 1. The topological polar surface area (TPSA) is 17.0 Å². The van der Waals surface area contributed by atoms with Crippen LogP contribution < -0.4 is 4.57 Å². The summed E-state index contributed by atoms with van der Waals surface area (Å²) in [5.74, 6) is 0.517. The van der Waals surface area contributed by atoms with E-state index in [0.29, 0.717) is 5.92 Å². The first kappa shape index (κ1) is 15.9. The maximum absolute atomic E-state index is 6.28. The number of pyridine rings is 1. The molecule has 0 aliphatic rings. The molecule has 2 heteroatoms. The molecule has 0 fully saturated rings. The smallest absolute Gasteiger partial charge is 0.216 e. The van der Waals surface area contributed by atoms with Gasteiger partial charge in [0.05, 0.1) is 5.56 Å². The van der Waals surface area contributed by atoms with Crippen LogP contribution in [0.15, 0.2) is 53.1 Å². The van der Waals surface area contributed by atoms with Crippen molar-refractivity contribution in [2.24, 2.45) is 7.05 Å². The summed E-state index contributed by atoms with van der Waals surface area (Å²) in [6.45, 7) is 8.85. The normalized spacial score (nSPS) is 11.8. The van der Waals surface area contributed by atoms with Gasteiger partial charge >= 0.3 is 0 Å². The Labute approximate surface area is 148 Å². The number of aryl methyl sites for hydroxylation is 3. The van der Waals surface area contributed by atoms with Crippen molar-refractivity contribution in [3.05, 3.63) is 65.4 Å². The molecule has 0 atom stereocenters. The Kier molecular flexibility index (Phi) is 3.64. The Morgan fingerprint density at radius 2 is 1.68 bits per heavy atom. The van der Waals surface area contributed by atoms with Crippen molar-refractivity contribution in [1.29, 1.82) is 0 Å². The molecule has 2 heterocycles. The number of rotatable bonds is 2. The van der Waals surface area contributed by atoms with Crippen LogP contribution in [0.25, 0.3) is 33.2 Å². The maximum Gasteiger partial charge on any atom is 0.216 e. The molecule has 0 unspecified atom stereocenters. The van der Waals surface area contributed by atoms with E-state index in [4.69, 9.17) is 4.42 Å². The van der Waals surface area contributed by atoms with Crippen LogP contribution in [0.1, 0.15) is 36.5 Å². The van der Waals surface area contributed by atoms with E-state index in [0.717, 1.165) is 11.2 Å². The molecule has 126 valence electrons. The fourth-order valence-corrected chi connectivity index (χ4v) is 3.83. The average Bonchev–Trinajstić information content (AvgIpc) is 2.95. The van der Waals surface area contributed by atoms with Crippen molar-refractivity contribution in [2.45, 2.75) is 33.6 Å². The first-order valence-electron chi connectivity index (χ1n) is 8.88. The molecule has 0 aliphatic carbocycles. The minimum Gasteiger partial charge on any atom is -0.455 e. The Balaban J connectivity index is 2.07. The lowest BCUT2D eigenvalue weighted by Crippen LogP contribution is -2.32. The predicted molar refractivity (Wildman–Crippen MR) is 104 cm³/mol. The monoisotopic (exact) mass is 330 g/mol. The Bertz CT molecular complexity index is 1100. The van der Waals surface area contributed by atoms with Gasteiger partial charge in [0.25, 0.3) is 0 Å². The molecule has 25 heavy (non-hydrogen) atoms. The summed E-state index contributed by atoms with van der Waals surface area (Å²) in [5, 5.41) is 2.36. The van der Waals surface area contributed by atoms with Crippen molar-refractivity contribution < 1.29 is 8.98 Å². The largest absolute Gasteiger partial charge is 0.455 e.